The van der Waals surface area contributed by atoms with Gasteiger partial charge in [0.2, 0.25) is 0 Å². The van der Waals surface area contributed by atoms with E-state index in [0.717, 1.165) is 51.4 Å². The molecule has 1 aromatic heterocycles. The van der Waals surface area contributed by atoms with Crippen molar-refractivity contribution in [1.82, 2.24) is 14.9 Å². The van der Waals surface area contributed by atoms with E-state index >= 15 is 0 Å². The summed E-state index contributed by atoms with van der Waals surface area (Å²) < 4.78 is 11.1. The highest BCUT2D eigenvalue weighted by Crippen LogP contribution is 2.40. The Balaban J connectivity index is 1.67. The number of methoxy groups -OCH3 is 1. The predicted molar refractivity (Wildman–Crippen MR) is 116 cm³/mol. The summed E-state index contributed by atoms with van der Waals surface area (Å²) in [6.45, 7) is 5.01. The largest absolute Gasteiger partial charge is 0.382 e. The van der Waals surface area contributed by atoms with Crippen LogP contribution < -0.4 is 5.32 Å². The molecule has 1 atom stereocenters. The molecule has 2 aliphatic heterocycles. The molecule has 1 saturated heterocycles. The second-order valence-electron chi connectivity index (χ2n) is 7.23. The van der Waals surface area contributed by atoms with Gasteiger partial charge in [-0.05, 0) is 18.2 Å². The molecule has 1 N–H and O–H groups in total. The Kier molecular flexibility index (Phi) is 6.57. The lowest BCUT2D eigenvalue weighted by molar-refractivity contribution is -0.236. The number of hydroxylamine groups is 2. The maximum Gasteiger partial charge on any atom is 0.251 e. The molecule has 9 heteroatoms. The highest BCUT2D eigenvalue weighted by molar-refractivity contribution is 6.05. The van der Waals surface area contributed by atoms with Crippen molar-refractivity contribution in [2.45, 2.75) is 5.72 Å². The van der Waals surface area contributed by atoms with Crippen molar-refractivity contribution in [3.63, 3.8) is 0 Å². The number of ether oxygens (including phenoxy) is 2. The summed E-state index contributed by atoms with van der Waals surface area (Å²) in [5.41, 5.74) is 1.14. The lowest BCUT2D eigenvalue weighted by Crippen LogP contribution is -2.53. The minimum absolute atomic E-state index is 0.393. The van der Waals surface area contributed by atoms with Crippen LogP contribution in [0.4, 0.5) is 11.4 Å². The molecule has 4 rings (SSSR count). The SMILES string of the molecule is CON1C(c2ncccc2NCCN2CCOCC2)=Nc2ccccc2C1(C=O)OC. The van der Waals surface area contributed by atoms with E-state index in [-0.39, 0.29) is 0 Å². The predicted octanol–water partition coefficient (Wildman–Crippen LogP) is 1.78. The van der Waals surface area contributed by atoms with Gasteiger partial charge in [0.1, 0.15) is 5.69 Å². The molecule has 0 radical (unpaired) electrons. The van der Waals surface area contributed by atoms with Crippen LogP contribution in [-0.4, -0.2) is 80.7 Å². The van der Waals surface area contributed by atoms with E-state index in [0.29, 0.717) is 22.8 Å². The van der Waals surface area contributed by atoms with Crippen LogP contribution in [0.15, 0.2) is 47.6 Å². The standard InChI is InChI=1S/C22H27N5O4/c1-29-22(16-28)17-6-3-4-7-18(17)25-21(27(22)30-2)20-19(8-5-9-24-20)23-10-11-26-12-14-31-15-13-26/h3-9,16,23H,10-15H2,1-2H3. The number of carbonyl (C=O) groups is 1. The Morgan fingerprint density at radius 2 is 2.00 bits per heavy atom. The molecule has 164 valence electrons. The summed E-state index contributed by atoms with van der Waals surface area (Å²) in [6.07, 6.45) is 2.41. The number of hydrogen-bond donors (Lipinski definition) is 1. The lowest BCUT2D eigenvalue weighted by Gasteiger charge is -2.41. The fourth-order valence-electron chi connectivity index (χ4n) is 3.92. The van der Waals surface area contributed by atoms with Crippen molar-refractivity contribution in [3.05, 3.63) is 53.9 Å². The number of aromatic nitrogens is 1. The molecule has 0 aliphatic carbocycles. The molecule has 2 aliphatic rings. The van der Waals surface area contributed by atoms with E-state index < -0.39 is 5.72 Å². The van der Waals surface area contributed by atoms with E-state index in [9.17, 15) is 4.79 Å². The number of fused-ring (bicyclic) bond motifs is 1. The number of nitrogens with zero attached hydrogens (tertiary/aromatic N) is 4. The maximum atomic E-state index is 12.3. The lowest BCUT2D eigenvalue weighted by atomic mass is 9.98. The molecule has 1 unspecified atom stereocenters. The number of pyridine rings is 1. The van der Waals surface area contributed by atoms with Crippen LogP contribution in [0.25, 0.3) is 0 Å². The second-order valence-corrected chi connectivity index (χ2v) is 7.23. The molecule has 1 aromatic carbocycles. The average Bonchev–Trinajstić information content (AvgIpc) is 2.83. The van der Waals surface area contributed by atoms with Gasteiger partial charge in [-0.1, -0.05) is 18.2 Å². The average molecular weight is 425 g/mol. The molecule has 0 spiro atoms. The van der Waals surface area contributed by atoms with E-state index in [1.54, 1.807) is 12.3 Å². The van der Waals surface area contributed by atoms with Crippen molar-refractivity contribution in [1.29, 1.82) is 0 Å². The van der Waals surface area contributed by atoms with Crippen molar-refractivity contribution in [2.75, 3.05) is 58.9 Å². The van der Waals surface area contributed by atoms with Gasteiger partial charge in [0, 0.05) is 45.0 Å². The number of aldehydes is 1. The van der Waals surface area contributed by atoms with Crippen LogP contribution in [0.2, 0.25) is 0 Å². The minimum atomic E-state index is -1.47. The van der Waals surface area contributed by atoms with Crippen LogP contribution in [-0.2, 0) is 24.8 Å². The molecule has 1 fully saturated rings. The Morgan fingerprint density at radius 3 is 2.74 bits per heavy atom. The molecule has 0 amide bonds. The van der Waals surface area contributed by atoms with Crippen molar-refractivity contribution in [3.8, 4) is 0 Å². The maximum absolute atomic E-state index is 12.3. The number of anilines is 1. The monoisotopic (exact) mass is 425 g/mol. The first-order valence-corrected chi connectivity index (χ1v) is 10.3. The molecule has 2 aromatic rings. The number of hydrogen-bond acceptors (Lipinski definition) is 9. The first-order chi connectivity index (χ1) is 15.2. The number of nitrogens with one attached hydrogen (secondary N) is 1. The molecular weight excluding hydrogens is 398 g/mol. The van der Waals surface area contributed by atoms with Crippen LogP contribution in [0.1, 0.15) is 11.3 Å². The number of morpholine rings is 1. The highest BCUT2D eigenvalue weighted by Gasteiger charge is 2.47. The van der Waals surface area contributed by atoms with E-state index in [4.69, 9.17) is 19.3 Å². The summed E-state index contributed by atoms with van der Waals surface area (Å²) in [5.74, 6) is 0.393. The van der Waals surface area contributed by atoms with Gasteiger partial charge < -0.3 is 14.8 Å². The second kappa shape index (κ2) is 9.52. The zero-order valence-corrected chi connectivity index (χ0v) is 17.8. The third-order valence-corrected chi connectivity index (χ3v) is 5.53. The summed E-state index contributed by atoms with van der Waals surface area (Å²) in [4.78, 5) is 29.6. The van der Waals surface area contributed by atoms with E-state index in [1.807, 2.05) is 30.3 Å². The topological polar surface area (TPSA) is 88.5 Å². The van der Waals surface area contributed by atoms with Gasteiger partial charge >= 0.3 is 0 Å². The van der Waals surface area contributed by atoms with Gasteiger partial charge in [0.05, 0.1) is 31.7 Å². The molecular formula is C22H27N5O4. The molecule has 3 heterocycles. The third kappa shape index (κ3) is 4.05. The number of benzene rings is 1. The number of para-hydroxylation sites is 1. The first kappa shape index (κ1) is 21.4. The van der Waals surface area contributed by atoms with Gasteiger partial charge in [-0.3, -0.25) is 19.5 Å². The fraction of sp³-hybridized carbons (Fsp3) is 0.409. The molecule has 9 nitrogen and oxygen atoms in total. The van der Waals surface area contributed by atoms with Crippen LogP contribution in [0.5, 0.6) is 0 Å². The van der Waals surface area contributed by atoms with E-state index in [1.165, 1.54) is 19.3 Å². The van der Waals surface area contributed by atoms with Crippen LogP contribution >= 0.6 is 0 Å². The van der Waals surface area contributed by atoms with E-state index in [2.05, 4.69) is 15.2 Å². The number of rotatable bonds is 8. The van der Waals surface area contributed by atoms with Gasteiger partial charge in [-0.15, -0.1) is 0 Å². The fourth-order valence-corrected chi connectivity index (χ4v) is 3.92. The van der Waals surface area contributed by atoms with Gasteiger partial charge in [0.25, 0.3) is 5.72 Å². The highest BCUT2D eigenvalue weighted by atomic mass is 16.7. The Hall–Kier alpha value is -2.85. The van der Waals surface area contributed by atoms with Crippen molar-refractivity contribution < 1.29 is 19.1 Å². The minimum Gasteiger partial charge on any atom is -0.382 e. The normalized spacial score (nSPS) is 21.4. The quantitative estimate of drug-likeness (QED) is 0.641. The summed E-state index contributed by atoms with van der Waals surface area (Å²) in [5, 5.41) is 4.83. The first-order valence-electron chi connectivity index (χ1n) is 10.3. The Labute approximate surface area is 181 Å². The van der Waals surface area contributed by atoms with Crippen molar-refractivity contribution >= 4 is 23.5 Å². The van der Waals surface area contributed by atoms with Crippen LogP contribution in [0.3, 0.4) is 0 Å². The number of aliphatic imine (C=N–C) groups is 1. The summed E-state index contributed by atoms with van der Waals surface area (Å²) in [6, 6.07) is 11.1. The third-order valence-electron chi connectivity index (χ3n) is 5.53. The summed E-state index contributed by atoms with van der Waals surface area (Å²) in [7, 11) is 2.95. The molecule has 0 saturated carbocycles. The van der Waals surface area contributed by atoms with Gasteiger partial charge in [-0.25, -0.2) is 4.99 Å². The zero-order valence-electron chi connectivity index (χ0n) is 17.8. The molecule has 31 heavy (non-hydrogen) atoms. The number of carbonyl (C=O) groups excluding carboxylic acids is 1. The summed E-state index contributed by atoms with van der Waals surface area (Å²) >= 11 is 0. The zero-order chi connectivity index (χ0) is 21.7. The van der Waals surface area contributed by atoms with Gasteiger partial charge in [-0.2, -0.15) is 5.06 Å². The smallest absolute Gasteiger partial charge is 0.251 e. The van der Waals surface area contributed by atoms with Crippen molar-refractivity contribution in [2.24, 2.45) is 4.99 Å². The Bertz CT molecular complexity index is 947. The molecule has 0 bridgehead atoms. The number of amidine groups is 1. The van der Waals surface area contributed by atoms with Crippen LogP contribution in [0, 0.1) is 0 Å². The van der Waals surface area contributed by atoms with Gasteiger partial charge in [0.15, 0.2) is 12.1 Å². The Morgan fingerprint density at radius 1 is 1.19 bits per heavy atom.